The lowest BCUT2D eigenvalue weighted by atomic mass is 10.1. The summed E-state index contributed by atoms with van der Waals surface area (Å²) in [6.45, 7) is 6.36. The van der Waals surface area contributed by atoms with E-state index in [1.807, 2.05) is 18.3 Å². The molecule has 1 aliphatic carbocycles. The average molecular weight is 365 g/mol. The van der Waals surface area contributed by atoms with Gasteiger partial charge in [0, 0.05) is 50.2 Å². The van der Waals surface area contributed by atoms with Crippen molar-refractivity contribution in [2.75, 3.05) is 36.0 Å². The summed E-state index contributed by atoms with van der Waals surface area (Å²) in [4.78, 5) is 21.5. The van der Waals surface area contributed by atoms with Crippen LogP contribution in [0.25, 0.3) is 0 Å². The van der Waals surface area contributed by atoms with Gasteiger partial charge in [-0.3, -0.25) is 4.79 Å². The van der Waals surface area contributed by atoms with E-state index in [1.165, 1.54) is 11.3 Å². The van der Waals surface area contributed by atoms with Crippen LogP contribution in [0.1, 0.15) is 24.0 Å². The van der Waals surface area contributed by atoms with Crippen LogP contribution in [-0.4, -0.2) is 42.6 Å². The molecule has 1 saturated carbocycles. The molecule has 1 amide bonds. The Morgan fingerprint density at radius 3 is 2.52 bits per heavy atom. The lowest BCUT2D eigenvalue weighted by molar-refractivity contribution is -0.123. The highest BCUT2D eigenvalue weighted by Gasteiger charge is 2.45. The van der Waals surface area contributed by atoms with Crippen molar-refractivity contribution in [1.29, 1.82) is 0 Å². The molecule has 3 N–H and O–H groups in total. The van der Waals surface area contributed by atoms with Crippen LogP contribution in [0.15, 0.2) is 42.6 Å². The van der Waals surface area contributed by atoms with Crippen molar-refractivity contribution in [3.63, 3.8) is 0 Å². The first-order valence-electron chi connectivity index (χ1n) is 9.63. The first kappa shape index (κ1) is 17.8. The number of hydrogen-bond acceptors (Lipinski definition) is 5. The summed E-state index contributed by atoms with van der Waals surface area (Å²) in [5.41, 5.74) is 8.99. The fourth-order valence-electron chi connectivity index (χ4n) is 3.64. The predicted molar refractivity (Wildman–Crippen MR) is 108 cm³/mol. The second-order valence-electron chi connectivity index (χ2n) is 7.59. The van der Waals surface area contributed by atoms with Crippen molar-refractivity contribution < 1.29 is 4.79 Å². The van der Waals surface area contributed by atoms with Crippen LogP contribution in [0, 0.1) is 6.92 Å². The predicted octanol–water partition coefficient (Wildman–Crippen LogP) is 1.82. The lowest BCUT2D eigenvalue weighted by Crippen LogP contribution is -2.47. The number of benzene rings is 1. The Kier molecular flexibility index (Phi) is 4.74. The number of para-hydroxylation sites is 1. The zero-order valence-electron chi connectivity index (χ0n) is 15.8. The monoisotopic (exact) mass is 365 g/mol. The third-order valence-corrected chi connectivity index (χ3v) is 5.58. The van der Waals surface area contributed by atoms with Crippen molar-refractivity contribution in [1.82, 2.24) is 10.3 Å². The summed E-state index contributed by atoms with van der Waals surface area (Å²) in [5.74, 6) is 0.908. The van der Waals surface area contributed by atoms with Crippen LogP contribution in [0.5, 0.6) is 0 Å². The molecule has 2 heterocycles. The number of pyridine rings is 1. The zero-order valence-corrected chi connectivity index (χ0v) is 15.8. The molecule has 1 aliphatic heterocycles. The van der Waals surface area contributed by atoms with Gasteiger partial charge in [-0.1, -0.05) is 24.3 Å². The first-order chi connectivity index (χ1) is 13.1. The van der Waals surface area contributed by atoms with Gasteiger partial charge < -0.3 is 20.9 Å². The van der Waals surface area contributed by atoms with Crippen molar-refractivity contribution in [2.24, 2.45) is 5.73 Å². The maximum absolute atomic E-state index is 12.1. The molecule has 142 valence electrons. The van der Waals surface area contributed by atoms with E-state index in [-0.39, 0.29) is 5.91 Å². The summed E-state index contributed by atoms with van der Waals surface area (Å²) in [7, 11) is 0. The molecule has 0 atom stereocenters. The average Bonchev–Trinajstić information content (AvgIpc) is 3.46. The Morgan fingerprint density at radius 1 is 1.11 bits per heavy atom. The number of aryl methyl sites for hydroxylation is 1. The SMILES string of the molecule is Cc1ccccc1N1CCN(c2ncccc2CNC(=O)C2(N)CC2)CC1. The van der Waals surface area contributed by atoms with E-state index in [0.717, 1.165) is 50.4 Å². The minimum atomic E-state index is -0.637. The quantitative estimate of drug-likeness (QED) is 0.846. The number of rotatable bonds is 5. The summed E-state index contributed by atoms with van der Waals surface area (Å²) in [6, 6.07) is 12.5. The highest BCUT2D eigenvalue weighted by atomic mass is 16.2. The normalized spacial score (nSPS) is 18.3. The molecule has 2 fully saturated rings. The lowest BCUT2D eigenvalue weighted by Gasteiger charge is -2.38. The molecule has 4 rings (SSSR count). The maximum atomic E-state index is 12.1. The molecule has 1 saturated heterocycles. The second kappa shape index (κ2) is 7.19. The van der Waals surface area contributed by atoms with Crippen LogP contribution in [-0.2, 0) is 11.3 Å². The van der Waals surface area contributed by atoms with Crippen molar-refractivity contribution in [2.45, 2.75) is 31.8 Å². The van der Waals surface area contributed by atoms with Gasteiger partial charge in [0.15, 0.2) is 0 Å². The number of nitrogens with one attached hydrogen (secondary N) is 1. The first-order valence-corrected chi connectivity index (χ1v) is 9.63. The topological polar surface area (TPSA) is 74.5 Å². The molecule has 0 radical (unpaired) electrons. The van der Waals surface area contributed by atoms with Gasteiger partial charge in [-0.2, -0.15) is 0 Å². The Balaban J connectivity index is 1.41. The molecule has 1 aromatic carbocycles. The van der Waals surface area contributed by atoms with Gasteiger partial charge in [-0.25, -0.2) is 4.98 Å². The number of nitrogens with zero attached hydrogens (tertiary/aromatic N) is 3. The van der Waals surface area contributed by atoms with Crippen molar-refractivity contribution in [3.8, 4) is 0 Å². The van der Waals surface area contributed by atoms with E-state index >= 15 is 0 Å². The van der Waals surface area contributed by atoms with E-state index in [2.05, 4.69) is 51.3 Å². The zero-order chi connectivity index (χ0) is 18.9. The highest BCUT2D eigenvalue weighted by molar-refractivity contribution is 5.89. The van der Waals surface area contributed by atoms with E-state index in [0.29, 0.717) is 6.54 Å². The van der Waals surface area contributed by atoms with Gasteiger partial charge in [0.05, 0.1) is 5.54 Å². The van der Waals surface area contributed by atoms with Gasteiger partial charge in [0.25, 0.3) is 0 Å². The molecule has 6 nitrogen and oxygen atoms in total. The molecule has 2 aliphatic rings. The number of carbonyl (C=O) groups is 1. The maximum Gasteiger partial charge on any atom is 0.240 e. The highest BCUT2D eigenvalue weighted by Crippen LogP contribution is 2.32. The van der Waals surface area contributed by atoms with E-state index in [4.69, 9.17) is 5.73 Å². The molecule has 0 spiro atoms. The van der Waals surface area contributed by atoms with Gasteiger partial charge in [0.2, 0.25) is 5.91 Å². The number of carbonyl (C=O) groups excluding carboxylic acids is 1. The second-order valence-corrected chi connectivity index (χ2v) is 7.59. The molecule has 1 aromatic heterocycles. The molecule has 2 aromatic rings. The summed E-state index contributed by atoms with van der Waals surface area (Å²) >= 11 is 0. The van der Waals surface area contributed by atoms with Crippen LogP contribution in [0.2, 0.25) is 0 Å². The number of anilines is 2. The number of nitrogens with two attached hydrogens (primary N) is 1. The minimum absolute atomic E-state index is 0.0540. The summed E-state index contributed by atoms with van der Waals surface area (Å²) in [6.07, 6.45) is 3.37. The van der Waals surface area contributed by atoms with Gasteiger partial charge in [0.1, 0.15) is 5.82 Å². The van der Waals surface area contributed by atoms with Gasteiger partial charge in [-0.15, -0.1) is 0 Å². The molecular weight excluding hydrogens is 338 g/mol. The van der Waals surface area contributed by atoms with Crippen LogP contribution in [0.4, 0.5) is 11.5 Å². The van der Waals surface area contributed by atoms with Crippen LogP contribution in [0.3, 0.4) is 0 Å². The number of hydrogen-bond donors (Lipinski definition) is 2. The van der Waals surface area contributed by atoms with E-state index < -0.39 is 5.54 Å². The third-order valence-electron chi connectivity index (χ3n) is 5.58. The molecule has 6 heteroatoms. The summed E-state index contributed by atoms with van der Waals surface area (Å²) in [5, 5.41) is 2.98. The van der Waals surface area contributed by atoms with Crippen molar-refractivity contribution >= 4 is 17.4 Å². The standard InChI is InChI=1S/C21H27N5O/c1-16-5-2-3-7-18(16)25-11-13-26(14-12-25)19-17(6-4-10-23-19)15-24-20(27)21(22)8-9-21/h2-7,10H,8-9,11-15,22H2,1H3,(H,24,27). The fourth-order valence-corrected chi connectivity index (χ4v) is 3.64. The number of piperazine rings is 1. The Hall–Kier alpha value is -2.60. The smallest absolute Gasteiger partial charge is 0.240 e. The number of amides is 1. The van der Waals surface area contributed by atoms with Gasteiger partial charge in [-0.05, 0) is 37.5 Å². The molecule has 0 bridgehead atoms. The van der Waals surface area contributed by atoms with E-state index in [9.17, 15) is 4.79 Å². The van der Waals surface area contributed by atoms with Gasteiger partial charge >= 0.3 is 0 Å². The Morgan fingerprint density at radius 2 is 1.81 bits per heavy atom. The fraction of sp³-hybridized carbons (Fsp3) is 0.429. The molecular formula is C21H27N5O. The minimum Gasteiger partial charge on any atom is -0.368 e. The summed E-state index contributed by atoms with van der Waals surface area (Å²) < 4.78 is 0. The van der Waals surface area contributed by atoms with Crippen LogP contribution >= 0.6 is 0 Å². The van der Waals surface area contributed by atoms with E-state index in [1.54, 1.807) is 0 Å². The largest absolute Gasteiger partial charge is 0.368 e. The molecule has 0 unspecified atom stereocenters. The molecule has 27 heavy (non-hydrogen) atoms. The Labute approximate surface area is 160 Å². The Bertz CT molecular complexity index is 825. The van der Waals surface area contributed by atoms with Crippen molar-refractivity contribution in [3.05, 3.63) is 53.7 Å². The van der Waals surface area contributed by atoms with Crippen LogP contribution < -0.4 is 20.9 Å². The number of aromatic nitrogens is 1. The third kappa shape index (κ3) is 3.76.